The number of hydrogen-bond acceptors (Lipinski definition) is 4. The zero-order chi connectivity index (χ0) is 22.1. The monoisotopic (exact) mass is 415 g/mol. The van der Waals surface area contributed by atoms with E-state index in [1.807, 2.05) is 66.7 Å². The van der Waals surface area contributed by atoms with E-state index >= 15 is 0 Å². The van der Waals surface area contributed by atoms with Crippen LogP contribution in [-0.2, 0) is 16.1 Å². The maximum atomic E-state index is 12.5. The summed E-state index contributed by atoms with van der Waals surface area (Å²) in [5.41, 5.74) is 4.51. The van der Waals surface area contributed by atoms with E-state index in [4.69, 9.17) is 9.47 Å². The van der Waals surface area contributed by atoms with Crippen LogP contribution in [0.3, 0.4) is 0 Å². The fraction of sp³-hybridized carbons (Fsp3) is 0.222. The second-order valence-corrected chi connectivity index (χ2v) is 7.50. The molecule has 0 unspecified atom stereocenters. The van der Waals surface area contributed by atoms with E-state index in [-0.39, 0.29) is 5.97 Å². The zero-order valence-corrected chi connectivity index (χ0v) is 18.3. The number of rotatable bonds is 9. The molecule has 31 heavy (non-hydrogen) atoms. The van der Waals surface area contributed by atoms with Gasteiger partial charge < -0.3 is 14.8 Å². The molecule has 0 bridgehead atoms. The molecule has 0 radical (unpaired) electrons. The molecular formula is C27H29NO3. The summed E-state index contributed by atoms with van der Waals surface area (Å²) in [5, 5.41) is 3.22. The van der Waals surface area contributed by atoms with Gasteiger partial charge in [0.1, 0.15) is 12.4 Å². The molecule has 4 heteroatoms. The average Bonchev–Trinajstić information content (AvgIpc) is 2.80. The van der Waals surface area contributed by atoms with Crippen molar-refractivity contribution in [3.63, 3.8) is 0 Å². The quantitative estimate of drug-likeness (QED) is 0.324. The summed E-state index contributed by atoms with van der Waals surface area (Å²) in [7, 11) is 0. The van der Waals surface area contributed by atoms with Crippen molar-refractivity contribution in [1.82, 2.24) is 0 Å². The van der Waals surface area contributed by atoms with Gasteiger partial charge in [-0.1, -0.05) is 68.4 Å². The van der Waals surface area contributed by atoms with Crippen LogP contribution in [0.25, 0.3) is 5.57 Å². The predicted octanol–water partition coefficient (Wildman–Crippen LogP) is 6.41. The summed E-state index contributed by atoms with van der Waals surface area (Å²) in [4.78, 5) is 12.5. The third-order valence-corrected chi connectivity index (χ3v) is 4.87. The van der Waals surface area contributed by atoms with Crippen molar-refractivity contribution in [1.29, 1.82) is 0 Å². The molecule has 3 aromatic carbocycles. The molecule has 3 aromatic rings. The summed E-state index contributed by atoms with van der Waals surface area (Å²) in [5.74, 6) is 0.849. The molecule has 0 aliphatic carbocycles. The molecule has 0 fully saturated rings. The number of hydrogen-bond donors (Lipinski definition) is 1. The number of benzene rings is 3. The van der Waals surface area contributed by atoms with Crippen molar-refractivity contribution >= 4 is 17.2 Å². The first-order chi connectivity index (χ1) is 15.1. The minimum atomic E-state index is -0.369. The van der Waals surface area contributed by atoms with E-state index in [1.165, 1.54) is 5.56 Å². The molecule has 0 aliphatic heterocycles. The predicted molar refractivity (Wildman–Crippen MR) is 126 cm³/mol. The van der Waals surface area contributed by atoms with Crippen molar-refractivity contribution < 1.29 is 14.3 Å². The van der Waals surface area contributed by atoms with Crippen molar-refractivity contribution in [3.8, 4) is 5.75 Å². The van der Waals surface area contributed by atoms with Crippen LogP contribution in [0.5, 0.6) is 5.75 Å². The van der Waals surface area contributed by atoms with Gasteiger partial charge in [0.15, 0.2) is 0 Å². The third-order valence-electron chi connectivity index (χ3n) is 4.87. The van der Waals surface area contributed by atoms with Gasteiger partial charge >= 0.3 is 5.97 Å². The van der Waals surface area contributed by atoms with Gasteiger partial charge in [0, 0.05) is 11.9 Å². The van der Waals surface area contributed by atoms with E-state index in [9.17, 15) is 4.79 Å². The molecule has 0 spiro atoms. The van der Waals surface area contributed by atoms with Crippen LogP contribution in [0.1, 0.15) is 43.4 Å². The summed E-state index contributed by atoms with van der Waals surface area (Å²) in [6.45, 7) is 6.93. The first-order valence-electron chi connectivity index (χ1n) is 10.6. The van der Waals surface area contributed by atoms with Crippen molar-refractivity contribution in [2.75, 3.05) is 11.9 Å². The lowest BCUT2D eigenvalue weighted by atomic mass is 10.0. The van der Waals surface area contributed by atoms with Crippen LogP contribution in [0.4, 0.5) is 5.69 Å². The Morgan fingerprint density at radius 1 is 0.935 bits per heavy atom. The SMILES string of the molecule is CCOC(=O)/C(=C\Nc1ccc(C(C)C)cc1)c1ccc(OCc2ccccc2)cc1. The summed E-state index contributed by atoms with van der Waals surface area (Å²) in [6, 6.07) is 25.7. The lowest BCUT2D eigenvalue weighted by Gasteiger charge is -2.11. The Labute approximate surface area is 184 Å². The van der Waals surface area contributed by atoms with Crippen LogP contribution >= 0.6 is 0 Å². The van der Waals surface area contributed by atoms with E-state index in [2.05, 4.69) is 31.3 Å². The molecule has 0 saturated heterocycles. The third kappa shape index (κ3) is 6.48. The Hall–Kier alpha value is -3.53. The normalized spacial score (nSPS) is 11.3. The van der Waals surface area contributed by atoms with Gasteiger partial charge in [-0.15, -0.1) is 0 Å². The Kier molecular flexibility index (Phi) is 7.88. The highest BCUT2D eigenvalue weighted by Crippen LogP contribution is 2.22. The largest absolute Gasteiger partial charge is 0.489 e. The number of carbonyl (C=O) groups excluding carboxylic acids is 1. The second-order valence-electron chi connectivity index (χ2n) is 7.50. The summed E-state index contributed by atoms with van der Waals surface area (Å²) >= 11 is 0. The number of carbonyl (C=O) groups is 1. The molecule has 0 aliphatic rings. The van der Waals surface area contributed by atoms with E-state index in [0.29, 0.717) is 24.7 Å². The first-order valence-corrected chi connectivity index (χ1v) is 10.6. The smallest absolute Gasteiger partial charge is 0.340 e. The van der Waals surface area contributed by atoms with Gasteiger partial charge in [0.25, 0.3) is 0 Å². The average molecular weight is 416 g/mol. The van der Waals surface area contributed by atoms with Crippen LogP contribution in [-0.4, -0.2) is 12.6 Å². The number of anilines is 1. The highest BCUT2D eigenvalue weighted by molar-refractivity contribution is 6.16. The Balaban J connectivity index is 1.73. The Morgan fingerprint density at radius 2 is 1.61 bits per heavy atom. The van der Waals surface area contributed by atoms with E-state index < -0.39 is 0 Å². The fourth-order valence-electron chi connectivity index (χ4n) is 3.06. The second kappa shape index (κ2) is 11.0. The van der Waals surface area contributed by atoms with Crippen LogP contribution in [0, 0.1) is 0 Å². The first kappa shape index (κ1) is 22.2. The van der Waals surface area contributed by atoms with E-state index in [0.717, 1.165) is 22.6 Å². The molecule has 0 atom stereocenters. The number of nitrogens with one attached hydrogen (secondary N) is 1. The number of esters is 1. The molecule has 0 amide bonds. The van der Waals surface area contributed by atoms with Crippen LogP contribution in [0.15, 0.2) is 85.1 Å². The Bertz CT molecular complexity index is 991. The van der Waals surface area contributed by atoms with Gasteiger partial charge in [-0.05, 0) is 53.8 Å². The summed E-state index contributed by atoms with van der Waals surface area (Å²) in [6.07, 6.45) is 1.70. The summed E-state index contributed by atoms with van der Waals surface area (Å²) < 4.78 is 11.1. The van der Waals surface area contributed by atoms with Gasteiger partial charge in [-0.3, -0.25) is 0 Å². The maximum Gasteiger partial charge on any atom is 0.340 e. The lowest BCUT2D eigenvalue weighted by Crippen LogP contribution is -2.08. The topological polar surface area (TPSA) is 47.6 Å². The lowest BCUT2D eigenvalue weighted by molar-refractivity contribution is -0.136. The zero-order valence-electron chi connectivity index (χ0n) is 18.3. The van der Waals surface area contributed by atoms with E-state index in [1.54, 1.807) is 13.1 Å². The van der Waals surface area contributed by atoms with Gasteiger partial charge in [-0.25, -0.2) is 4.79 Å². The highest BCUT2D eigenvalue weighted by atomic mass is 16.5. The standard InChI is InChI=1S/C27H29NO3/c1-4-30-27(29)26(18-28-24-14-10-22(11-15-24)20(2)3)23-12-16-25(17-13-23)31-19-21-8-6-5-7-9-21/h5-18,20,28H,4,19H2,1-3H3/b26-18-. The molecule has 0 saturated carbocycles. The van der Waals surface area contributed by atoms with Crippen molar-refractivity contribution in [3.05, 3.63) is 102 Å². The molecule has 1 N–H and O–H groups in total. The Morgan fingerprint density at radius 3 is 2.23 bits per heavy atom. The molecule has 4 nitrogen and oxygen atoms in total. The molecular weight excluding hydrogens is 386 g/mol. The molecule has 3 rings (SSSR count). The molecule has 0 heterocycles. The highest BCUT2D eigenvalue weighted by Gasteiger charge is 2.13. The van der Waals surface area contributed by atoms with Gasteiger partial charge in [0.05, 0.1) is 12.2 Å². The number of ether oxygens (including phenoxy) is 2. The van der Waals surface area contributed by atoms with Gasteiger partial charge in [-0.2, -0.15) is 0 Å². The van der Waals surface area contributed by atoms with Crippen molar-refractivity contribution in [2.24, 2.45) is 0 Å². The maximum absolute atomic E-state index is 12.5. The van der Waals surface area contributed by atoms with Gasteiger partial charge in [0.2, 0.25) is 0 Å². The molecule has 160 valence electrons. The fourth-order valence-corrected chi connectivity index (χ4v) is 3.06. The van der Waals surface area contributed by atoms with Crippen LogP contribution in [0.2, 0.25) is 0 Å². The molecule has 0 aromatic heterocycles. The minimum Gasteiger partial charge on any atom is -0.489 e. The minimum absolute atomic E-state index is 0.317. The van der Waals surface area contributed by atoms with Crippen molar-refractivity contribution in [2.45, 2.75) is 33.3 Å². The van der Waals surface area contributed by atoms with Crippen LogP contribution < -0.4 is 10.1 Å².